The van der Waals surface area contributed by atoms with Crippen molar-refractivity contribution in [2.24, 2.45) is 0 Å². The minimum Gasteiger partial charge on any atom is -0.326 e. The monoisotopic (exact) mass is 228 g/mol. The third kappa shape index (κ3) is 3.27. The van der Waals surface area contributed by atoms with Gasteiger partial charge in [-0.15, -0.1) is 0 Å². The van der Waals surface area contributed by atoms with Crippen LogP contribution in [0.5, 0.6) is 0 Å². The van der Waals surface area contributed by atoms with Gasteiger partial charge in [0, 0.05) is 5.56 Å². The smallest absolute Gasteiger partial charge is 0.317 e. The van der Waals surface area contributed by atoms with Gasteiger partial charge in [-0.3, -0.25) is 13.9 Å². The van der Waals surface area contributed by atoms with Gasteiger partial charge < -0.3 is 4.89 Å². The Morgan fingerprint density at radius 1 is 1.33 bits per heavy atom. The Balaban J connectivity index is 2.89. The molecule has 1 aromatic rings. The maximum atomic E-state index is 11.8. The molecule has 1 atom stereocenters. The summed E-state index contributed by atoms with van der Waals surface area (Å²) in [5.74, 6) is -0.310. The van der Waals surface area contributed by atoms with E-state index in [1.54, 1.807) is 30.3 Å². The molecule has 0 amide bonds. The Morgan fingerprint density at radius 3 is 2.33 bits per heavy atom. The van der Waals surface area contributed by atoms with Crippen LogP contribution in [0.1, 0.15) is 24.2 Å². The molecule has 0 heterocycles. The minimum atomic E-state index is -3.11. The normalized spacial score (nSPS) is 13.5. The minimum absolute atomic E-state index is 0.310. The van der Waals surface area contributed by atoms with E-state index in [4.69, 9.17) is 9.42 Å². The summed E-state index contributed by atoms with van der Waals surface area (Å²) in [5.41, 5.74) is -0.808. The van der Waals surface area contributed by atoms with E-state index >= 15 is 0 Å². The quantitative estimate of drug-likeness (QED) is 0.632. The second kappa shape index (κ2) is 4.71. The largest absolute Gasteiger partial charge is 0.326 e. The third-order valence-electron chi connectivity index (χ3n) is 1.93. The lowest BCUT2D eigenvalue weighted by atomic mass is 9.97. The molecule has 0 aliphatic carbocycles. The molecule has 4 nitrogen and oxygen atoms in total. The first kappa shape index (κ1) is 12.1. The number of benzene rings is 1. The zero-order valence-corrected chi connectivity index (χ0v) is 9.56. The van der Waals surface area contributed by atoms with E-state index in [2.05, 4.69) is 0 Å². The number of Topliss-reactive ketones (excluding diaryl/α,β-unsaturated/α-hetero) is 1. The SMILES string of the molecule is CC(C)(O[PH](=O)O)C(=O)c1ccccc1. The molecule has 5 heteroatoms. The maximum Gasteiger partial charge on any atom is 0.317 e. The van der Waals surface area contributed by atoms with Crippen molar-refractivity contribution in [3.63, 3.8) is 0 Å². The van der Waals surface area contributed by atoms with Crippen molar-refractivity contribution in [3.05, 3.63) is 35.9 Å². The van der Waals surface area contributed by atoms with Crippen LogP contribution in [0, 0.1) is 0 Å². The summed E-state index contributed by atoms with van der Waals surface area (Å²) in [6, 6.07) is 8.53. The van der Waals surface area contributed by atoms with Gasteiger partial charge in [0.05, 0.1) is 0 Å². The number of rotatable bonds is 4. The molecule has 1 unspecified atom stereocenters. The molecule has 0 saturated carbocycles. The number of hydrogen-bond donors (Lipinski definition) is 1. The summed E-state index contributed by atoms with van der Waals surface area (Å²) < 4.78 is 15.3. The molecule has 0 aliphatic heterocycles. The van der Waals surface area contributed by atoms with E-state index in [1.165, 1.54) is 13.8 Å². The van der Waals surface area contributed by atoms with Crippen LogP contribution in [0.15, 0.2) is 30.3 Å². The molecule has 15 heavy (non-hydrogen) atoms. The van der Waals surface area contributed by atoms with Crippen molar-refractivity contribution in [2.45, 2.75) is 19.4 Å². The first-order valence-corrected chi connectivity index (χ1v) is 5.71. The molecule has 0 radical (unpaired) electrons. The Morgan fingerprint density at radius 2 is 1.87 bits per heavy atom. The van der Waals surface area contributed by atoms with E-state index < -0.39 is 13.9 Å². The second-order valence-electron chi connectivity index (χ2n) is 3.57. The van der Waals surface area contributed by atoms with Crippen LogP contribution in [-0.4, -0.2) is 16.3 Å². The van der Waals surface area contributed by atoms with E-state index in [9.17, 15) is 9.36 Å². The molecule has 0 aliphatic rings. The van der Waals surface area contributed by atoms with Crippen LogP contribution < -0.4 is 0 Å². The molecule has 1 aromatic carbocycles. The van der Waals surface area contributed by atoms with Gasteiger partial charge in [-0.1, -0.05) is 30.3 Å². The average molecular weight is 228 g/mol. The highest BCUT2D eigenvalue weighted by atomic mass is 31.1. The lowest BCUT2D eigenvalue weighted by molar-refractivity contribution is 0.0570. The molecular formula is C10H13O4P. The Labute approximate surface area is 88.8 Å². The molecule has 1 rings (SSSR count). The number of carbonyl (C=O) groups excluding carboxylic acids is 1. The van der Waals surface area contributed by atoms with Gasteiger partial charge >= 0.3 is 8.25 Å². The van der Waals surface area contributed by atoms with Crippen LogP contribution in [-0.2, 0) is 9.09 Å². The molecule has 0 fully saturated rings. The molecule has 0 aromatic heterocycles. The second-order valence-corrected chi connectivity index (χ2v) is 4.31. The molecule has 0 bridgehead atoms. The standard InChI is InChI=1S/C10H13O4P/c1-10(2,14-15(12)13)9(11)8-6-4-3-5-7-8/h3-7,15H,1-2H3,(H,12,13). The van der Waals surface area contributed by atoms with Crippen molar-refractivity contribution in [3.8, 4) is 0 Å². The highest BCUT2D eigenvalue weighted by molar-refractivity contribution is 7.32. The molecule has 0 spiro atoms. The Kier molecular flexibility index (Phi) is 3.80. The summed E-state index contributed by atoms with van der Waals surface area (Å²) in [6.45, 7) is 2.95. The molecular weight excluding hydrogens is 215 g/mol. The Hall–Kier alpha value is -0.960. The predicted molar refractivity (Wildman–Crippen MR) is 57.2 cm³/mol. The van der Waals surface area contributed by atoms with Gasteiger partial charge in [-0.25, -0.2) is 0 Å². The van der Waals surface area contributed by atoms with Crippen LogP contribution in [0.25, 0.3) is 0 Å². The third-order valence-corrected chi connectivity index (χ3v) is 2.61. The van der Waals surface area contributed by atoms with Crippen molar-refractivity contribution < 1.29 is 18.8 Å². The van der Waals surface area contributed by atoms with Crippen LogP contribution in [0.2, 0.25) is 0 Å². The van der Waals surface area contributed by atoms with Gasteiger partial charge in [0.25, 0.3) is 0 Å². The van der Waals surface area contributed by atoms with Crippen molar-refractivity contribution >= 4 is 14.0 Å². The lowest BCUT2D eigenvalue weighted by Crippen LogP contribution is -2.32. The van der Waals surface area contributed by atoms with Gasteiger partial charge in [0.1, 0.15) is 5.60 Å². The van der Waals surface area contributed by atoms with E-state index in [-0.39, 0.29) is 5.78 Å². The number of hydrogen-bond acceptors (Lipinski definition) is 3. The topological polar surface area (TPSA) is 63.6 Å². The summed E-state index contributed by atoms with van der Waals surface area (Å²) in [7, 11) is -3.11. The van der Waals surface area contributed by atoms with Crippen LogP contribution in [0.4, 0.5) is 0 Å². The number of ketones is 1. The zero-order valence-electron chi connectivity index (χ0n) is 8.56. The molecule has 1 N–H and O–H groups in total. The maximum absolute atomic E-state index is 11.8. The van der Waals surface area contributed by atoms with E-state index in [0.29, 0.717) is 5.56 Å². The van der Waals surface area contributed by atoms with E-state index in [0.717, 1.165) is 0 Å². The van der Waals surface area contributed by atoms with E-state index in [1.807, 2.05) is 0 Å². The van der Waals surface area contributed by atoms with Gasteiger partial charge in [-0.2, -0.15) is 0 Å². The fourth-order valence-electron chi connectivity index (χ4n) is 1.20. The predicted octanol–water partition coefficient (Wildman–Crippen LogP) is 2.05. The Bertz CT molecular complexity index is 372. The summed E-state index contributed by atoms with van der Waals surface area (Å²) >= 11 is 0. The molecule has 0 saturated heterocycles. The van der Waals surface area contributed by atoms with Gasteiger partial charge in [0.15, 0.2) is 5.78 Å². The fraction of sp³-hybridized carbons (Fsp3) is 0.300. The zero-order chi connectivity index (χ0) is 11.5. The van der Waals surface area contributed by atoms with Crippen LogP contribution >= 0.6 is 8.25 Å². The van der Waals surface area contributed by atoms with Crippen molar-refractivity contribution in [1.82, 2.24) is 0 Å². The fourth-order valence-corrected chi connectivity index (χ4v) is 1.73. The lowest BCUT2D eigenvalue weighted by Gasteiger charge is -2.21. The highest BCUT2D eigenvalue weighted by Gasteiger charge is 2.31. The van der Waals surface area contributed by atoms with Crippen LogP contribution in [0.3, 0.4) is 0 Å². The highest BCUT2D eigenvalue weighted by Crippen LogP contribution is 2.28. The van der Waals surface area contributed by atoms with Crippen molar-refractivity contribution in [2.75, 3.05) is 0 Å². The number of carbonyl (C=O) groups is 1. The first-order valence-electron chi connectivity index (χ1n) is 4.45. The van der Waals surface area contributed by atoms with Crippen molar-refractivity contribution in [1.29, 1.82) is 0 Å². The first-order chi connectivity index (χ1) is 6.93. The molecule has 82 valence electrons. The summed E-state index contributed by atoms with van der Waals surface area (Å²) in [6.07, 6.45) is 0. The van der Waals surface area contributed by atoms with Gasteiger partial charge in [0.2, 0.25) is 0 Å². The van der Waals surface area contributed by atoms with Gasteiger partial charge in [-0.05, 0) is 13.8 Å². The summed E-state index contributed by atoms with van der Waals surface area (Å²) in [4.78, 5) is 20.5. The average Bonchev–Trinajstić information content (AvgIpc) is 2.16. The summed E-state index contributed by atoms with van der Waals surface area (Å²) in [5, 5.41) is 0.